The van der Waals surface area contributed by atoms with E-state index in [0.29, 0.717) is 0 Å². The van der Waals surface area contributed by atoms with Crippen molar-refractivity contribution in [2.45, 2.75) is 13.0 Å². The molecule has 98 valence electrons. The van der Waals surface area contributed by atoms with E-state index >= 15 is 0 Å². The predicted molar refractivity (Wildman–Crippen MR) is 74.2 cm³/mol. The van der Waals surface area contributed by atoms with Crippen molar-refractivity contribution < 1.29 is 9.18 Å². The second kappa shape index (κ2) is 5.93. The third-order valence-corrected chi connectivity index (χ3v) is 3.21. The minimum atomic E-state index is -0.461. The van der Waals surface area contributed by atoms with E-state index in [9.17, 15) is 9.18 Å². The molecule has 1 unspecified atom stereocenters. The van der Waals surface area contributed by atoms with Crippen molar-refractivity contribution in [3.8, 4) is 0 Å². The average Bonchev–Trinajstić information content (AvgIpc) is 2.40. The first-order valence-electron chi connectivity index (χ1n) is 5.74. The molecule has 2 aromatic rings. The van der Waals surface area contributed by atoms with E-state index in [2.05, 4.69) is 26.2 Å². The van der Waals surface area contributed by atoms with Crippen LogP contribution in [0.4, 0.5) is 4.39 Å². The summed E-state index contributed by atoms with van der Waals surface area (Å²) in [5, 5.41) is 2.81. The number of halogens is 2. The molecule has 1 atom stereocenters. The highest BCUT2D eigenvalue weighted by Gasteiger charge is 2.12. The fourth-order valence-corrected chi connectivity index (χ4v) is 1.88. The van der Waals surface area contributed by atoms with Crippen LogP contribution >= 0.6 is 15.9 Å². The van der Waals surface area contributed by atoms with Gasteiger partial charge in [0.15, 0.2) is 0 Å². The lowest BCUT2D eigenvalue weighted by atomic mass is 10.1. The monoisotopic (exact) mass is 322 g/mol. The van der Waals surface area contributed by atoms with Gasteiger partial charge in [0.1, 0.15) is 11.5 Å². The molecule has 1 amide bonds. The number of nitrogens with one attached hydrogen (secondary N) is 1. The minimum absolute atomic E-state index is 0.146. The average molecular weight is 323 g/mol. The van der Waals surface area contributed by atoms with E-state index < -0.39 is 5.82 Å². The van der Waals surface area contributed by atoms with Crippen molar-refractivity contribution in [1.82, 2.24) is 10.3 Å². The standard InChI is InChI=1S/C14H12BrFN2O/c1-9(10-2-4-11(15)5-3-10)18-14(19)13-7-6-12(16)8-17-13/h2-9H,1H3,(H,18,19). The van der Waals surface area contributed by atoms with Crippen LogP contribution in [0.2, 0.25) is 0 Å². The highest BCUT2D eigenvalue weighted by molar-refractivity contribution is 9.10. The van der Waals surface area contributed by atoms with Crippen LogP contribution in [0.25, 0.3) is 0 Å². The Morgan fingerprint density at radius 2 is 1.95 bits per heavy atom. The van der Waals surface area contributed by atoms with Gasteiger partial charge in [-0.15, -0.1) is 0 Å². The van der Waals surface area contributed by atoms with Gasteiger partial charge in [0.05, 0.1) is 12.2 Å². The van der Waals surface area contributed by atoms with Crippen molar-refractivity contribution in [3.63, 3.8) is 0 Å². The number of pyridine rings is 1. The fraction of sp³-hybridized carbons (Fsp3) is 0.143. The Hall–Kier alpha value is -1.75. The first kappa shape index (κ1) is 13.7. The van der Waals surface area contributed by atoms with Gasteiger partial charge in [-0.25, -0.2) is 9.37 Å². The summed E-state index contributed by atoms with van der Waals surface area (Å²) in [6, 6.07) is 10.1. The number of carbonyl (C=O) groups excluding carboxylic acids is 1. The van der Waals surface area contributed by atoms with Crippen molar-refractivity contribution in [1.29, 1.82) is 0 Å². The Labute approximate surface area is 119 Å². The zero-order valence-electron chi connectivity index (χ0n) is 10.2. The molecule has 0 spiro atoms. The van der Waals surface area contributed by atoms with Crippen molar-refractivity contribution in [3.05, 3.63) is 64.1 Å². The van der Waals surface area contributed by atoms with Gasteiger partial charge in [0, 0.05) is 4.47 Å². The number of benzene rings is 1. The summed E-state index contributed by atoms with van der Waals surface area (Å²) >= 11 is 3.36. The van der Waals surface area contributed by atoms with E-state index in [1.807, 2.05) is 31.2 Å². The maximum absolute atomic E-state index is 12.7. The van der Waals surface area contributed by atoms with Gasteiger partial charge in [-0.1, -0.05) is 28.1 Å². The summed E-state index contributed by atoms with van der Waals surface area (Å²) in [6.07, 6.45) is 1.03. The van der Waals surface area contributed by atoms with Gasteiger partial charge < -0.3 is 5.32 Å². The summed E-state index contributed by atoms with van der Waals surface area (Å²) in [5.74, 6) is -0.784. The van der Waals surface area contributed by atoms with Gasteiger partial charge in [-0.05, 0) is 36.8 Å². The largest absolute Gasteiger partial charge is 0.344 e. The van der Waals surface area contributed by atoms with Crippen LogP contribution in [0.5, 0.6) is 0 Å². The van der Waals surface area contributed by atoms with Crippen LogP contribution in [0, 0.1) is 5.82 Å². The molecule has 0 aliphatic rings. The van der Waals surface area contributed by atoms with E-state index in [1.54, 1.807) is 0 Å². The van der Waals surface area contributed by atoms with Gasteiger partial charge in [-0.3, -0.25) is 4.79 Å². The third kappa shape index (κ3) is 3.61. The number of amides is 1. The molecule has 19 heavy (non-hydrogen) atoms. The third-order valence-electron chi connectivity index (χ3n) is 2.68. The smallest absolute Gasteiger partial charge is 0.270 e. The molecule has 0 bridgehead atoms. The van der Waals surface area contributed by atoms with Crippen LogP contribution in [-0.4, -0.2) is 10.9 Å². The van der Waals surface area contributed by atoms with Gasteiger partial charge in [0.25, 0.3) is 5.91 Å². The molecule has 0 fully saturated rings. The molecular weight excluding hydrogens is 311 g/mol. The Kier molecular flexibility index (Phi) is 4.27. The fourth-order valence-electron chi connectivity index (χ4n) is 1.62. The van der Waals surface area contributed by atoms with E-state index in [4.69, 9.17) is 0 Å². The zero-order valence-corrected chi connectivity index (χ0v) is 11.8. The molecule has 1 aromatic heterocycles. The SMILES string of the molecule is CC(NC(=O)c1ccc(F)cn1)c1ccc(Br)cc1. The number of rotatable bonds is 3. The first-order chi connectivity index (χ1) is 9.06. The van der Waals surface area contributed by atoms with Crippen LogP contribution in [0.1, 0.15) is 29.0 Å². The lowest BCUT2D eigenvalue weighted by Crippen LogP contribution is -2.27. The Bertz CT molecular complexity index is 569. The molecule has 0 aliphatic heterocycles. The second-order valence-electron chi connectivity index (χ2n) is 4.11. The van der Waals surface area contributed by atoms with E-state index in [0.717, 1.165) is 16.2 Å². The molecule has 1 aromatic carbocycles. The normalized spacial score (nSPS) is 11.9. The first-order valence-corrected chi connectivity index (χ1v) is 6.53. The highest BCUT2D eigenvalue weighted by atomic mass is 79.9. The van der Waals surface area contributed by atoms with Crippen molar-refractivity contribution >= 4 is 21.8 Å². The van der Waals surface area contributed by atoms with Crippen LogP contribution in [0.3, 0.4) is 0 Å². The maximum Gasteiger partial charge on any atom is 0.270 e. The van der Waals surface area contributed by atoms with Crippen LogP contribution in [-0.2, 0) is 0 Å². The van der Waals surface area contributed by atoms with Crippen LogP contribution in [0.15, 0.2) is 47.1 Å². The second-order valence-corrected chi connectivity index (χ2v) is 5.02. The molecule has 0 aliphatic carbocycles. The van der Waals surface area contributed by atoms with E-state index in [1.165, 1.54) is 12.1 Å². The summed E-state index contributed by atoms with van der Waals surface area (Å²) < 4.78 is 13.7. The summed E-state index contributed by atoms with van der Waals surface area (Å²) in [7, 11) is 0. The molecule has 3 nitrogen and oxygen atoms in total. The van der Waals surface area contributed by atoms with Gasteiger partial charge >= 0.3 is 0 Å². The molecule has 1 N–H and O–H groups in total. The molecule has 2 rings (SSSR count). The summed E-state index contributed by atoms with van der Waals surface area (Å²) in [5.41, 5.74) is 1.18. The molecule has 1 heterocycles. The molecule has 0 saturated carbocycles. The quantitative estimate of drug-likeness (QED) is 0.940. The van der Waals surface area contributed by atoms with Crippen LogP contribution < -0.4 is 5.32 Å². The Morgan fingerprint density at radius 3 is 2.53 bits per heavy atom. The lowest BCUT2D eigenvalue weighted by Gasteiger charge is -2.14. The number of aromatic nitrogens is 1. The minimum Gasteiger partial charge on any atom is -0.344 e. The predicted octanol–water partition coefficient (Wildman–Crippen LogP) is 3.47. The highest BCUT2D eigenvalue weighted by Crippen LogP contribution is 2.16. The number of hydrogen-bond donors (Lipinski definition) is 1. The topological polar surface area (TPSA) is 42.0 Å². The van der Waals surface area contributed by atoms with Gasteiger partial charge in [-0.2, -0.15) is 0 Å². The van der Waals surface area contributed by atoms with Gasteiger partial charge in [0.2, 0.25) is 0 Å². The number of carbonyl (C=O) groups is 1. The number of hydrogen-bond acceptors (Lipinski definition) is 2. The molecule has 5 heteroatoms. The summed E-state index contributed by atoms with van der Waals surface area (Å²) in [4.78, 5) is 15.6. The van der Waals surface area contributed by atoms with Crippen molar-refractivity contribution in [2.75, 3.05) is 0 Å². The molecule has 0 saturated heterocycles. The maximum atomic E-state index is 12.7. The Balaban J connectivity index is 2.06. The molecule has 0 radical (unpaired) electrons. The zero-order chi connectivity index (χ0) is 13.8. The van der Waals surface area contributed by atoms with Crippen molar-refractivity contribution in [2.24, 2.45) is 0 Å². The molecular formula is C14H12BrFN2O. The lowest BCUT2D eigenvalue weighted by molar-refractivity contribution is 0.0935. The van der Waals surface area contributed by atoms with E-state index in [-0.39, 0.29) is 17.6 Å². The Morgan fingerprint density at radius 1 is 1.26 bits per heavy atom. The number of nitrogens with zero attached hydrogens (tertiary/aromatic N) is 1. The summed E-state index contributed by atoms with van der Waals surface area (Å²) in [6.45, 7) is 1.88.